The lowest BCUT2D eigenvalue weighted by Gasteiger charge is -2.14. The number of aliphatic hydroxyl groups is 1. The predicted molar refractivity (Wildman–Crippen MR) is 78.5 cm³/mol. The summed E-state index contributed by atoms with van der Waals surface area (Å²) in [7, 11) is 1.45. The number of rotatable bonds is 5. The number of hydrogen-bond acceptors (Lipinski definition) is 5. The number of halogens is 2. The first-order chi connectivity index (χ1) is 9.97. The molecule has 1 aromatic carbocycles. The smallest absolute Gasteiger partial charge is 0.277 e. The quantitative estimate of drug-likeness (QED) is 0.803. The molecule has 0 fully saturated rings. The summed E-state index contributed by atoms with van der Waals surface area (Å²) in [5.41, 5.74) is 0.455. The van der Waals surface area contributed by atoms with E-state index in [1.165, 1.54) is 19.2 Å². The highest BCUT2D eigenvalue weighted by atomic mass is 35.5. The Morgan fingerprint density at radius 2 is 2.00 bits per heavy atom. The third-order valence-corrected chi connectivity index (χ3v) is 3.45. The summed E-state index contributed by atoms with van der Waals surface area (Å²) < 4.78 is 5.07. The molecule has 2 amide bonds. The second-order valence-corrected chi connectivity index (χ2v) is 4.98. The minimum Gasteiger partial charge on any atom is -0.495 e. The van der Waals surface area contributed by atoms with Crippen molar-refractivity contribution < 1.29 is 19.4 Å². The lowest BCUT2D eigenvalue weighted by Crippen LogP contribution is -2.34. The van der Waals surface area contributed by atoms with Crippen LogP contribution in [-0.4, -0.2) is 42.1 Å². The number of carbonyl (C=O) groups is 2. The van der Waals surface area contributed by atoms with Crippen LogP contribution in [-0.2, 0) is 9.59 Å². The van der Waals surface area contributed by atoms with Crippen LogP contribution < -0.4 is 10.1 Å². The van der Waals surface area contributed by atoms with Crippen LogP contribution in [0.1, 0.15) is 0 Å². The van der Waals surface area contributed by atoms with Gasteiger partial charge < -0.3 is 15.2 Å². The second-order valence-electron chi connectivity index (χ2n) is 4.17. The minimum absolute atomic E-state index is 0.0585. The molecular formula is C13H12Cl2N2O4. The molecular weight excluding hydrogens is 319 g/mol. The molecule has 0 aromatic heterocycles. The Hall–Kier alpha value is -1.76. The number of hydrogen-bond donors (Lipinski definition) is 2. The van der Waals surface area contributed by atoms with E-state index in [-0.39, 0.29) is 23.9 Å². The number of nitrogens with one attached hydrogen (secondary N) is 1. The molecule has 2 N–H and O–H groups in total. The minimum atomic E-state index is -0.529. The highest BCUT2D eigenvalue weighted by molar-refractivity contribution is 6.37. The summed E-state index contributed by atoms with van der Waals surface area (Å²) in [6, 6.07) is 3.00. The van der Waals surface area contributed by atoms with Gasteiger partial charge in [-0.3, -0.25) is 14.5 Å². The molecule has 0 aliphatic carbocycles. The van der Waals surface area contributed by atoms with Crippen LogP contribution in [0.15, 0.2) is 23.9 Å². The van der Waals surface area contributed by atoms with E-state index in [4.69, 9.17) is 33.0 Å². The van der Waals surface area contributed by atoms with E-state index in [1.54, 1.807) is 0 Å². The first-order valence-corrected chi connectivity index (χ1v) is 6.72. The molecule has 112 valence electrons. The summed E-state index contributed by atoms with van der Waals surface area (Å²) in [5, 5.41) is 12.2. The molecule has 1 aliphatic heterocycles. The van der Waals surface area contributed by atoms with Crippen molar-refractivity contribution in [2.75, 3.05) is 25.6 Å². The number of imide groups is 1. The Labute approximate surface area is 130 Å². The molecule has 0 bridgehead atoms. The number of β-amino-alcohol motifs (C(OH)–C–C–N with tert-alkyl or cyclic N) is 1. The van der Waals surface area contributed by atoms with Gasteiger partial charge >= 0.3 is 0 Å². The highest BCUT2D eigenvalue weighted by Gasteiger charge is 2.31. The van der Waals surface area contributed by atoms with E-state index in [0.717, 1.165) is 11.0 Å². The summed E-state index contributed by atoms with van der Waals surface area (Å²) in [6.45, 7) is -0.356. The van der Waals surface area contributed by atoms with Gasteiger partial charge in [0.25, 0.3) is 11.8 Å². The van der Waals surface area contributed by atoms with Gasteiger partial charge in [-0.1, -0.05) is 23.2 Å². The van der Waals surface area contributed by atoms with Gasteiger partial charge in [0.2, 0.25) is 0 Å². The van der Waals surface area contributed by atoms with Crippen LogP contribution in [0.25, 0.3) is 0 Å². The van der Waals surface area contributed by atoms with Crippen molar-refractivity contribution in [2.45, 2.75) is 0 Å². The molecule has 0 radical (unpaired) electrons. The van der Waals surface area contributed by atoms with Gasteiger partial charge in [0.15, 0.2) is 0 Å². The maximum Gasteiger partial charge on any atom is 0.277 e. The monoisotopic (exact) mass is 330 g/mol. The summed E-state index contributed by atoms with van der Waals surface area (Å²) >= 11 is 12.0. The third-order valence-electron chi connectivity index (χ3n) is 2.84. The van der Waals surface area contributed by atoms with Crippen LogP contribution >= 0.6 is 23.2 Å². The molecule has 0 spiro atoms. The van der Waals surface area contributed by atoms with Crippen molar-refractivity contribution in [3.05, 3.63) is 34.0 Å². The Kier molecular flexibility index (Phi) is 4.72. The van der Waals surface area contributed by atoms with Gasteiger partial charge in [0.05, 0.1) is 36.0 Å². The molecule has 0 saturated carbocycles. The van der Waals surface area contributed by atoms with Crippen molar-refractivity contribution in [3.8, 4) is 5.75 Å². The fourth-order valence-corrected chi connectivity index (χ4v) is 2.34. The topological polar surface area (TPSA) is 78.9 Å². The fraction of sp³-hybridized carbons (Fsp3) is 0.231. The number of anilines is 1. The van der Waals surface area contributed by atoms with Gasteiger partial charge in [-0.25, -0.2) is 0 Å². The SMILES string of the molecule is COc1cc(NC2=CC(=O)N(CCO)C2=O)c(Cl)cc1Cl. The predicted octanol–water partition coefficient (Wildman–Crippen LogP) is 1.66. The van der Waals surface area contributed by atoms with Gasteiger partial charge in [-0.05, 0) is 6.07 Å². The average Bonchev–Trinajstić information content (AvgIpc) is 2.70. The zero-order valence-corrected chi connectivity index (χ0v) is 12.5. The van der Waals surface area contributed by atoms with E-state index in [0.29, 0.717) is 16.5 Å². The standard InChI is InChI=1S/C13H12Cl2N2O4/c1-21-11-5-9(7(14)4-8(11)15)16-10-6-12(19)17(2-3-18)13(10)20/h4-6,16,18H,2-3H2,1H3. The lowest BCUT2D eigenvalue weighted by atomic mass is 10.2. The first-order valence-electron chi connectivity index (χ1n) is 5.96. The van der Waals surface area contributed by atoms with E-state index in [9.17, 15) is 9.59 Å². The van der Waals surface area contributed by atoms with Gasteiger partial charge in [0, 0.05) is 12.1 Å². The van der Waals surface area contributed by atoms with E-state index in [1.807, 2.05) is 0 Å². The van der Waals surface area contributed by atoms with Crippen LogP contribution in [0.3, 0.4) is 0 Å². The molecule has 8 heteroatoms. The van der Waals surface area contributed by atoms with Crippen molar-refractivity contribution in [2.24, 2.45) is 0 Å². The molecule has 1 heterocycles. The zero-order chi connectivity index (χ0) is 15.6. The first kappa shape index (κ1) is 15.6. The third kappa shape index (κ3) is 3.12. The van der Waals surface area contributed by atoms with Crippen molar-refractivity contribution in [1.29, 1.82) is 0 Å². The van der Waals surface area contributed by atoms with Crippen LogP contribution in [0.5, 0.6) is 5.75 Å². The largest absolute Gasteiger partial charge is 0.495 e. The van der Waals surface area contributed by atoms with E-state index in [2.05, 4.69) is 5.32 Å². The van der Waals surface area contributed by atoms with Crippen LogP contribution in [0, 0.1) is 0 Å². The number of amides is 2. The summed E-state index contributed by atoms with van der Waals surface area (Å²) in [5.74, 6) is -0.638. The Morgan fingerprint density at radius 1 is 1.29 bits per heavy atom. The molecule has 0 unspecified atom stereocenters. The Bertz CT molecular complexity index is 631. The normalized spacial score (nSPS) is 14.5. The molecule has 1 aromatic rings. The number of methoxy groups -OCH3 is 1. The van der Waals surface area contributed by atoms with Gasteiger partial charge in [-0.15, -0.1) is 0 Å². The Balaban J connectivity index is 2.25. The number of carbonyl (C=O) groups excluding carboxylic acids is 2. The highest BCUT2D eigenvalue weighted by Crippen LogP contribution is 2.35. The summed E-state index contributed by atoms with van der Waals surface area (Å²) in [6.07, 6.45) is 1.15. The number of benzene rings is 1. The zero-order valence-electron chi connectivity index (χ0n) is 11.0. The second kappa shape index (κ2) is 6.34. The van der Waals surface area contributed by atoms with Crippen LogP contribution in [0.2, 0.25) is 10.0 Å². The maximum atomic E-state index is 12.0. The van der Waals surface area contributed by atoms with Crippen LogP contribution in [0.4, 0.5) is 5.69 Å². The van der Waals surface area contributed by atoms with E-state index >= 15 is 0 Å². The lowest BCUT2D eigenvalue weighted by molar-refractivity contribution is -0.137. The summed E-state index contributed by atoms with van der Waals surface area (Å²) in [4.78, 5) is 24.6. The molecule has 0 saturated heterocycles. The molecule has 2 rings (SSSR count). The average molecular weight is 331 g/mol. The molecule has 6 nitrogen and oxygen atoms in total. The van der Waals surface area contributed by atoms with Crippen molar-refractivity contribution >= 4 is 40.7 Å². The van der Waals surface area contributed by atoms with Crippen molar-refractivity contribution in [1.82, 2.24) is 4.90 Å². The molecule has 21 heavy (non-hydrogen) atoms. The number of ether oxygens (including phenoxy) is 1. The van der Waals surface area contributed by atoms with E-state index < -0.39 is 11.8 Å². The molecule has 0 atom stereocenters. The van der Waals surface area contributed by atoms with Crippen molar-refractivity contribution in [3.63, 3.8) is 0 Å². The maximum absolute atomic E-state index is 12.0. The number of nitrogens with zero attached hydrogens (tertiary/aromatic N) is 1. The Morgan fingerprint density at radius 3 is 2.62 bits per heavy atom. The van der Waals surface area contributed by atoms with Gasteiger partial charge in [0.1, 0.15) is 11.4 Å². The fourth-order valence-electron chi connectivity index (χ4n) is 1.84. The van der Waals surface area contributed by atoms with Gasteiger partial charge in [-0.2, -0.15) is 0 Å². The molecule has 1 aliphatic rings. The number of aliphatic hydroxyl groups excluding tert-OH is 1.